The minimum atomic E-state index is -0.719. The number of carbonyl (C=O) groups is 1. The van der Waals surface area contributed by atoms with Crippen molar-refractivity contribution in [1.29, 1.82) is 0 Å². The molecule has 1 aromatic rings. The molecular formula is C15H21NO2. The van der Waals surface area contributed by atoms with Gasteiger partial charge in [-0.05, 0) is 43.4 Å². The van der Waals surface area contributed by atoms with Crippen molar-refractivity contribution in [3.63, 3.8) is 0 Å². The lowest BCUT2D eigenvalue weighted by atomic mass is 10.1. The smallest absolute Gasteiger partial charge is 0.303 e. The van der Waals surface area contributed by atoms with Gasteiger partial charge in [0.1, 0.15) is 0 Å². The second-order valence-electron chi connectivity index (χ2n) is 4.38. The normalized spacial score (nSPS) is 11.3. The zero-order valence-corrected chi connectivity index (χ0v) is 11.1. The standard InChI is InChI=1S/C15H21NO2/c1-12-7-3-4-8-13(12)11-14(16-2)9-5-6-10-15(17)18/h3-4,7-8,11,16H,5-6,9-10H2,1-2H3,(H,17,18)/b14-11-. The van der Waals surface area contributed by atoms with E-state index in [0.29, 0.717) is 0 Å². The molecule has 0 spiro atoms. The SMILES string of the molecule is CN/C(=C\c1ccccc1C)CCCCC(=O)O. The first-order chi connectivity index (χ1) is 8.63. The summed E-state index contributed by atoms with van der Waals surface area (Å²) >= 11 is 0. The number of nitrogens with one attached hydrogen (secondary N) is 1. The molecule has 0 aliphatic heterocycles. The molecule has 1 rings (SSSR count). The van der Waals surface area contributed by atoms with Crippen molar-refractivity contribution in [3.8, 4) is 0 Å². The van der Waals surface area contributed by atoms with Crippen LogP contribution < -0.4 is 5.32 Å². The van der Waals surface area contributed by atoms with Crippen molar-refractivity contribution in [2.45, 2.75) is 32.6 Å². The molecule has 3 nitrogen and oxygen atoms in total. The number of carboxylic acids is 1. The van der Waals surface area contributed by atoms with Gasteiger partial charge < -0.3 is 10.4 Å². The van der Waals surface area contributed by atoms with Crippen molar-refractivity contribution in [1.82, 2.24) is 5.32 Å². The molecule has 18 heavy (non-hydrogen) atoms. The van der Waals surface area contributed by atoms with E-state index in [4.69, 9.17) is 5.11 Å². The average molecular weight is 247 g/mol. The van der Waals surface area contributed by atoms with Gasteiger partial charge in [-0.2, -0.15) is 0 Å². The molecule has 3 heteroatoms. The number of unbranched alkanes of at least 4 members (excludes halogenated alkanes) is 1. The summed E-state index contributed by atoms with van der Waals surface area (Å²) in [6.45, 7) is 2.09. The van der Waals surface area contributed by atoms with Crippen molar-refractivity contribution >= 4 is 12.0 Å². The van der Waals surface area contributed by atoms with E-state index >= 15 is 0 Å². The first kappa shape index (κ1) is 14.3. The maximum absolute atomic E-state index is 10.4. The van der Waals surface area contributed by atoms with E-state index in [-0.39, 0.29) is 6.42 Å². The number of hydrogen-bond donors (Lipinski definition) is 2. The van der Waals surface area contributed by atoms with E-state index in [2.05, 4.69) is 30.4 Å². The molecule has 0 amide bonds. The summed E-state index contributed by atoms with van der Waals surface area (Å²) in [4.78, 5) is 10.4. The van der Waals surface area contributed by atoms with Gasteiger partial charge in [0.15, 0.2) is 0 Å². The maximum Gasteiger partial charge on any atom is 0.303 e. The molecular weight excluding hydrogens is 226 g/mol. The first-order valence-electron chi connectivity index (χ1n) is 6.29. The van der Waals surface area contributed by atoms with Crippen LogP contribution in [0.1, 0.15) is 36.8 Å². The van der Waals surface area contributed by atoms with Crippen molar-refractivity contribution in [2.24, 2.45) is 0 Å². The molecule has 0 saturated carbocycles. The summed E-state index contributed by atoms with van der Waals surface area (Å²) in [5, 5.41) is 11.8. The lowest BCUT2D eigenvalue weighted by molar-refractivity contribution is -0.137. The van der Waals surface area contributed by atoms with Gasteiger partial charge in [-0.3, -0.25) is 4.79 Å². The predicted octanol–water partition coefficient (Wildman–Crippen LogP) is 3.20. The lowest BCUT2D eigenvalue weighted by Crippen LogP contribution is -2.06. The van der Waals surface area contributed by atoms with Gasteiger partial charge in [0.05, 0.1) is 0 Å². The highest BCUT2D eigenvalue weighted by Gasteiger charge is 2.00. The number of aryl methyl sites for hydroxylation is 1. The lowest BCUT2D eigenvalue weighted by Gasteiger charge is -2.08. The molecule has 0 atom stereocenters. The molecule has 0 saturated heterocycles. The molecule has 0 bridgehead atoms. The predicted molar refractivity (Wildman–Crippen MR) is 74.3 cm³/mol. The third kappa shape index (κ3) is 5.04. The summed E-state index contributed by atoms with van der Waals surface area (Å²) in [6.07, 6.45) is 4.89. The van der Waals surface area contributed by atoms with Gasteiger partial charge in [0.25, 0.3) is 0 Å². The Kier molecular flexibility index (Phi) is 5.98. The topological polar surface area (TPSA) is 49.3 Å². The van der Waals surface area contributed by atoms with Crippen LogP contribution in [0.4, 0.5) is 0 Å². The van der Waals surface area contributed by atoms with E-state index < -0.39 is 5.97 Å². The molecule has 0 aromatic heterocycles. The van der Waals surface area contributed by atoms with Crippen LogP contribution in [0.15, 0.2) is 30.0 Å². The van der Waals surface area contributed by atoms with Crippen LogP contribution in [0.5, 0.6) is 0 Å². The number of hydrogen-bond acceptors (Lipinski definition) is 2. The fourth-order valence-corrected chi connectivity index (χ4v) is 1.80. The quantitative estimate of drug-likeness (QED) is 0.727. The minimum absolute atomic E-state index is 0.251. The number of rotatable bonds is 7. The number of allylic oxidation sites excluding steroid dienone is 1. The van der Waals surface area contributed by atoms with Crippen LogP contribution in [-0.4, -0.2) is 18.1 Å². The van der Waals surface area contributed by atoms with Gasteiger partial charge in [0, 0.05) is 19.2 Å². The number of aliphatic carboxylic acids is 1. The molecule has 0 radical (unpaired) electrons. The zero-order chi connectivity index (χ0) is 13.4. The van der Waals surface area contributed by atoms with Gasteiger partial charge in [-0.15, -0.1) is 0 Å². The van der Waals surface area contributed by atoms with Crippen LogP contribution >= 0.6 is 0 Å². The Hall–Kier alpha value is -1.77. The third-order valence-electron chi connectivity index (χ3n) is 2.93. The van der Waals surface area contributed by atoms with Crippen molar-refractivity contribution in [2.75, 3.05) is 7.05 Å². The van der Waals surface area contributed by atoms with Crippen LogP contribution in [0.3, 0.4) is 0 Å². The monoisotopic (exact) mass is 247 g/mol. The van der Waals surface area contributed by atoms with E-state index in [1.165, 1.54) is 11.1 Å². The fraction of sp³-hybridized carbons (Fsp3) is 0.400. The van der Waals surface area contributed by atoms with Gasteiger partial charge in [-0.1, -0.05) is 24.3 Å². The summed E-state index contributed by atoms with van der Waals surface area (Å²) in [7, 11) is 1.90. The summed E-state index contributed by atoms with van der Waals surface area (Å²) in [5.74, 6) is -0.719. The largest absolute Gasteiger partial charge is 0.481 e. The Labute approximate surface area is 109 Å². The van der Waals surface area contributed by atoms with Gasteiger partial charge in [-0.25, -0.2) is 0 Å². The Morgan fingerprint density at radius 1 is 1.28 bits per heavy atom. The van der Waals surface area contributed by atoms with Crippen LogP contribution in [0, 0.1) is 6.92 Å². The Balaban J connectivity index is 2.55. The van der Waals surface area contributed by atoms with E-state index in [1.807, 2.05) is 19.2 Å². The molecule has 0 heterocycles. The molecule has 1 aromatic carbocycles. The molecule has 98 valence electrons. The Bertz CT molecular complexity index is 424. The highest BCUT2D eigenvalue weighted by molar-refractivity contribution is 5.66. The molecule has 0 unspecified atom stereocenters. The van der Waals surface area contributed by atoms with Crippen molar-refractivity contribution < 1.29 is 9.90 Å². The summed E-state index contributed by atoms with van der Waals surface area (Å²) in [5.41, 5.74) is 3.60. The Morgan fingerprint density at radius 3 is 2.56 bits per heavy atom. The zero-order valence-electron chi connectivity index (χ0n) is 11.1. The number of carboxylic acid groups (broad SMARTS) is 1. The first-order valence-corrected chi connectivity index (χ1v) is 6.29. The highest BCUT2D eigenvalue weighted by atomic mass is 16.4. The Morgan fingerprint density at radius 2 is 1.94 bits per heavy atom. The van der Waals surface area contributed by atoms with Crippen LogP contribution in [-0.2, 0) is 4.79 Å². The van der Waals surface area contributed by atoms with E-state index in [9.17, 15) is 4.79 Å². The molecule has 0 aliphatic carbocycles. The molecule has 0 fully saturated rings. The third-order valence-corrected chi connectivity index (χ3v) is 2.93. The van der Waals surface area contributed by atoms with Gasteiger partial charge >= 0.3 is 5.97 Å². The minimum Gasteiger partial charge on any atom is -0.481 e. The summed E-state index contributed by atoms with van der Waals surface area (Å²) in [6, 6.07) is 8.22. The van der Waals surface area contributed by atoms with Crippen molar-refractivity contribution in [3.05, 3.63) is 41.1 Å². The van der Waals surface area contributed by atoms with E-state index in [0.717, 1.165) is 25.0 Å². The highest BCUT2D eigenvalue weighted by Crippen LogP contribution is 2.14. The average Bonchev–Trinajstić information content (AvgIpc) is 2.35. The van der Waals surface area contributed by atoms with Crippen LogP contribution in [0.25, 0.3) is 6.08 Å². The summed E-state index contributed by atoms with van der Waals surface area (Å²) < 4.78 is 0. The molecule has 2 N–H and O–H groups in total. The molecule has 0 aliphatic rings. The number of benzene rings is 1. The van der Waals surface area contributed by atoms with Gasteiger partial charge in [0.2, 0.25) is 0 Å². The van der Waals surface area contributed by atoms with E-state index in [1.54, 1.807) is 0 Å². The second kappa shape index (κ2) is 7.54. The second-order valence-corrected chi connectivity index (χ2v) is 4.38. The van der Waals surface area contributed by atoms with Crippen LogP contribution in [0.2, 0.25) is 0 Å². The maximum atomic E-state index is 10.4. The fourth-order valence-electron chi connectivity index (χ4n) is 1.80.